The minimum absolute atomic E-state index is 0.0287. The van der Waals surface area contributed by atoms with E-state index < -0.39 is 0 Å². The molecular formula is C8H13NO4. The average Bonchev–Trinajstić information content (AvgIpc) is 2.04. The van der Waals surface area contributed by atoms with Crippen molar-refractivity contribution in [2.45, 2.75) is 19.4 Å². The van der Waals surface area contributed by atoms with Crippen molar-refractivity contribution in [3.8, 4) is 0 Å². The van der Waals surface area contributed by atoms with Gasteiger partial charge in [0.1, 0.15) is 13.2 Å². The van der Waals surface area contributed by atoms with Crippen LogP contribution in [0.5, 0.6) is 0 Å². The Hall–Kier alpha value is -0.940. The van der Waals surface area contributed by atoms with Gasteiger partial charge in [-0.2, -0.15) is 0 Å². The summed E-state index contributed by atoms with van der Waals surface area (Å²) in [6.07, 6.45) is 0.414. The molecule has 0 radical (unpaired) electrons. The second-order valence-electron chi connectivity index (χ2n) is 3.01. The maximum Gasteiger partial charge on any atom is 0.255 e. The number of nitrogens with zero attached hydrogens (tertiary/aromatic N) is 1. The van der Waals surface area contributed by atoms with Gasteiger partial charge in [-0.3, -0.25) is 14.5 Å². The summed E-state index contributed by atoms with van der Waals surface area (Å²) in [7, 11) is 0. The minimum Gasteiger partial charge on any atom is -0.396 e. The maximum absolute atomic E-state index is 11.2. The molecule has 0 aromatic heterocycles. The highest BCUT2D eigenvalue weighted by atomic mass is 16.5. The van der Waals surface area contributed by atoms with Crippen molar-refractivity contribution in [1.29, 1.82) is 0 Å². The van der Waals surface area contributed by atoms with E-state index in [4.69, 9.17) is 9.84 Å². The highest BCUT2D eigenvalue weighted by Crippen LogP contribution is 2.08. The molecule has 1 aliphatic rings. The predicted molar refractivity (Wildman–Crippen MR) is 43.8 cm³/mol. The minimum atomic E-state index is -0.322. The fourth-order valence-electron chi connectivity index (χ4n) is 1.31. The van der Waals surface area contributed by atoms with Crippen LogP contribution < -0.4 is 0 Å². The van der Waals surface area contributed by atoms with E-state index in [1.807, 2.05) is 0 Å². The first-order chi connectivity index (χ1) is 6.16. The van der Waals surface area contributed by atoms with Crippen LogP contribution in [0.1, 0.15) is 13.3 Å². The molecule has 0 aromatic rings. The first kappa shape index (κ1) is 10.1. The molecule has 0 bridgehead atoms. The van der Waals surface area contributed by atoms with E-state index in [0.29, 0.717) is 6.42 Å². The molecule has 1 fully saturated rings. The van der Waals surface area contributed by atoms with E-state index in [9.17, 15) is 9.59 Å². The second kappa shape index (κ2) is 4.34. The monoisotopic (exact) mass is 187 g/mol. The molecule has 0 aliphatic carbocycles. The fraction of sp³-hybridized carbons (Fsp3) is 0.750. The molecule has 5 heteroatoms. The third-order valence-corrected chi connectivity index (χ3v) is 1.98. The van der Waals surface area contributed by atoms with Gasteiger partial charge in [-0.1, -0.05) is 0 Å². The summed E-state index contributed by atoms with van der Waals surface area (Å²) in [6.45, 7) is 1.62. The van der Waals surface area contributed by atoms with Gasteiger partial charge in [0.2, 0.25) is 0 Å². The van der Waals surface area contributed by atoms with Crippen molar-refractivity contribution in [2.24, 2.45) is 0 Å². The van der Waals surface area contributed by atoms with Crippen molar-refractivity contribution in [2.75, 3.05) is 19.8 Å². The van der Waals surface area contributed by atoms with E-state index in [0.717, 1.165) is 0 Å². The lowest BCUT2D eigenvalue weighted by Gasteiger charge is -2.30. The zero-order valence-electron chi connectivity index (χ0n) is 7.52. The van der Waals surface area contributed by atoms with Gasteiger partial charge >= 0.3 is 0 Å². The molecule has 1 unspecified atom stereocenters. The number of imide groups is 1. The first-order valence-electron chi connectivity index (χ1n) is 4.20. The Morgan fingerprint density at radius 3 is 2.46 bits per heavy atom. The van der Waals surface area contributed by atoms with E-state index in [1.165, 1.54) is 4.90 Å². The van der Waals surface area contributed by atoms with Crippen LogP contribution in [0, 0.1) is 0 Å². The predicted octanol–water partition coefficient (Wildman–Crippen LogP) is -0.857. The zero-order valence-corrected chi connectivity index (χ0v) is 7.52. The Morgan fingerprint density at radius 2 is 2.00 bits per heavy atom. The van der Waals surface area contributed by atoms with Gasteiger partial charge in [0.15, 0.2) is 0 Å². The van der Waals surface area contributed by atoms with Crippen molar-refractivity contribution in [3.63, 3.8) is 0 Å². The number of aliphatic hydroxyl groups is 1. The molecule has 0 aromatic carbocycles. The summed E-state index contributed by atoms with van der Waals surface area (Å²) in [5.41, 5.74) is 0. The normalized spacial score (nSPS) is 20.6. The third kappa shape index (κ3) is 2.26. The van der Waals surface area contributed by atoms with E-state index in [-0.39, 0.29) is 37.7 Å². The number of hydrogen-bond donors (Lipinski definition) is 1. The molecule has 5 nitrogen and oxygen atoms in total. The van der Waals surface area contributed by atoms with Gasteiger partial charge in [0, 0.05) is 12.6 Å². The summed E-state index contributed by atoms with van der Waals surface area (Å²) in [5.74, 6) is -0.644. The molecule has 1 aliphatic heterocycles. The van der Waals surface area contributed by atoms with Crippen molar-refractivity contribution >= 4 is 11.8 Å². The summed E-state index contributed by atoms with van der Waals surface area (Å²) < 4.78 is 4.75. The number of ether oxygens (including phenoxy) is 1. The first-order valence-corrected chi connectivity index (χ1v) is 4.20. The van der Waals surface area contributed by atoms with Gasteiger partial charge < -0.3 is 9.84 Å². The molecule has 2 amide bonds. The van der Waals surface area contributed by atoms with Gasteiger partial charge in [-0.25, -0.2) is 0 Å². The van der Waals surface area contributed by atoms with E-state index >= 15 is 0 Å². The lowest BCUT2D eigenvalue weighted by Crippen LogP contribution is -2.50. The highest BCUT2D eigenvalue weighted by Gasteiger charge is 2.30. The summed E-state index contributed by atoms with van der Waals surface area (Å²) in [5, 5.41) is 8.66. The van der Waals surface area contributed by atoms with E-state index in [1.54, 1.807) is 6.92 Å². The van der Waals surface area contributed by atoms with Crippen LogP contribution in [0.2, 0.25) is 0 Å². The number of amides is 2. The number of carbonyl (C=O) groups is 2. The molecule has 0 saturated carbocycles. The number of hydrogen-bond acceptors (Lipinski definition) is 4. The van der Waals surface area contributed by atoms with Gasteiger partial charge in [0.05, 0.1) is 0 Å². The van der Waals surface area contributed by atoms with Crippen LogP contribution in [-0.2, 0) is 14.3 Å². The van der Waals surface area contributed by atoms with Crippen LogP contribution in [-0.4, -0.2) is 47.7 Å². The maximum atomic E-state index is 11.2. The summed E-state index contributed by atoms with van der Waals surface area (Å²) in [4.78, 5) is 23.6. The summed E-state index contributed by atoms with van der Waals surface area (Å²) in [6, 6.07) is -0.242. The zero-order chi connectivity index (χ0) is 9.84. The average molecular weight is 187 g/mol. The van der Waals surface area contributed by atoms with Gasteiger partial charge in [-0.15, -0.1) is 0 Å². The molecule has 74 valence electrons. The van der Waals surface area contributed by atoms with Crippen LogP contribution in [0.4, 0.5) is 0 Å². The molecule has 1 saturated heterocycles. The number of aliphatic hydroxyl groups excluding tert-OH is 1. The fourth-order valence-corrected chi connectivity index (χ4v) is 1.31. The third-order valence-electron chi connectivity index (χ3n) is 1.98. The lowest BCUT2D eigenvalue weighted by molar-refractivity contribution is -0.161. The standard InChI is InChI=1S/C8H13NO4/c1-6(2-3-10)9-7(11)4-13-5-8(9)12/h6,10H,2-5H2,1H3. The topological polar surface area (TPSA) is 66.8 Å². The molecule has 0 spiro atoms. The highest BCUT2D eigenvalue weighted by molar-refractivity contribution is 5.98. The Balaban J connectivity index is 2.62. The number of morpholine rings is 1. The Kier molecular flexibility index (Phi) is 3.39. The molecule has 1 heterocycles. The molecule has 1 N–H and O–H groups in total. The molecule has 13 heavy (non-hydrogen) atoms. The largest absolute Gasteiger partial charge is 0.396 e. The smallest absolute Gasteiger partial charge is 0.255 e. The van der Waals surface area contributed by atoms with Crippen molar-refractivity contribution in [1.82, 2.24) is 4.90 Å². The quantitative estimate of drug-likeness (QED) is 0.584. The van der Waals surface area contributed by atoms with Crippen LogP contribution in [0.3, 0.4) is 0 Å². The Morgan fingerprint density at radius 1 is 1.46 bits per heavy atom. The van der Waals surface area contributed by atoms with Crippen LogP contribution in [0.25, 0.3) is 0 Å². The second-order valence-corrected chi connectivity index (χ2v) is 3.01. The SMILES string of the molecule is CC(CCO)N1C(=O)COCC1=O. The molecular weight excluding hydrogens is 174 g/mol. The Labute approximate surface area is 76.3 Å². The molecule has 1 rings (SSSR count). The van der Waals surface area contributed by atoms with E-state index in [2.05, 4.69) is 0 Å². The number of carbonyl (C=O) groups excluding carboxylic acids is 2. The van der Waals surface area contributed by atoms with Gasteiger partial charge in [-0.05, 0) is 13.3 Å². The summed E-state index contributed by atoms with van der Waals surface area (Å²) >= 11 is 0. The van der Waals surface area contributed by atoms with Gasteiger partial charge in [0.25, 0.3) is 11.8 Å². The van der Waals surface area contributed by atoms with Crippen LogP contribution >= 0.6 is 0 Å². The van der Waals surface area contributed by atoms with Crippen molar-refractivity contribution < 1.29 is 19.4 Å². The Bertz CT molecular complexity index is 200. The molecule has 1 atom stereocenters. The van der Waals surface area contributed by atoms with Crippen LogP contribution in [0.15, 0.2) is 0 Å². The van der Waals surface area contributed by atoms with Crippen molar-refractivity contribution in [3.05, 3.63) is 0 Å². The lowest BCUT2D eigenvalue weighted by atomic mass is 10.2. The number of rotatable bonds is 3.